The molecule has 0 saturated heterocycles. The van der Waals surface area contributed by atoms with Gasteiger partial charge in [0, 0.05) is 0 Å². The third kappa shape index (κ3) is 5.24. The number of hydrogen-bond acceptors (Lipinski definition) is 2. The zero-order chi connectivity index (χ0) is 14.9. The Morgan fingerprint density at radius 2 is 1.67 bits per heavy atom. The van der Waals surface area contributed by atoms with Crippen LogP contribution < -0.4 is 0 Å². The molecular formula is C18H18O3. The number of carboxylic acids is 1. The molecule has 108 valence electrons. The zero-order valence-corrected chi connectivity index (χ0v) is 11.7. The monoisotopic (exact) mass is 282 g/mol. The fourth-order valence-corrected chi connectivity index (χ4v) is 2.02. The minimum Gasteiger partial charge on any atom is -0.481 e. The van der Waals surface area contributed by atoms with E-state index in [9.17, 15) is 4.79 Å². The van der Waals surface area contributed by atoms with Gasteiger partial charge in [-0.05, 0) is 16.7 Å². The highest BCUT2D eigenvalue weighted by atomic mass is 16.5. The van der Waals surface area contributed by atoms with Crippen LogP contribution in [0.15, 0.2) is 60.7 Å². The van der Waals surface area contributed by atoms with Crippen LogP contribution in [-0.4, -0.2) is 17.7 Å². The minimum absolute atomic E-state index is 0.0272. The summed E-state index contributed by atoms with van der Waals surface area (Å²) in [5.74, 6) is -0.827. The van der Waals surface area contributed by atoms with E-state index in [-0.39, 0.29) is 6.42 Å². The summed E-state index contributed by atoms with van der Waals surface area (Å²) in [6.07, 6.45) is 3.98. The lowest BCUT2D eigenvalue weighted by Crippen LogP contribution is -2.04. The molecule has 1 N–H and O–H groups in total. The van der Waals surface area contributed by atoms with E-state index in [1.807, 2.05) is 66.7 Å². The van der Waals surface area contributed by atoms with Crippen LogP contribution in [0.3, 0.4) is 0 Å². The molecule has 0 unspecified atom stereocenters. The standard InChI is InChI=1S/C18H18O3/c19-18(20)13-16-10-4-5-11-17(16)14-21-12-6-9-15-7-2-1-3-8-15/h1-11H,12-14H2,(H,19,20)/b9-6+. The maximum Gasteiger partial charge on any atom is 0.307 e. The van der Waals surface area contributed by atoms with Gasteiger partial charge in [0.15, 0.2) is 0 Å². The lowest BCUT2D eigenvalue weighted by atomic mass is 10.1. The number of benzene rings is 2. The van der Waals surface area contributed by atoms with Gasteiger partial charge in [-0.1, -0.05) is 66.7 Å². The second-order valence-electron chi connectivity index (χ2n) is 4.67. The van der Waals surface area contributed by atoms with Crippen molar-refractivity contribution in [2.45, 2.75) is 13.0 Å². The van der Waals surface area contributed by atoms with E-state index in [2.05, 4.69) is 0 Å². The van der Waals surface area contributed by atoms with Crippen LogP contribution in [0.5, 0.6) is 0 Å². The second kappa shape index (κ2) is 8.02. The highest BCUT2D eigenvalue weighted by Crippen LogP contribution is 2.11. The SMILES string of the molecule is O=C(O)Cc1ccccc1COC/C=C/c1ccccc1. The number of aliphatic carboxylic acids is 1. The Morgan fingerprint density at radius 3 is 2.38 bits per heavy atom. The molecule has 0 aliphatic heterocycles. The quantitative estimate of drug-likeness (QED) is 0.790. The van der Waals surface area contributed by atoms with E-state index >= 15 is 0 Å². The molecule has 0 aliphatic carbocycles. The highest BCUT2D eigenvalue weighted by Gasteiger charge is 2.05. The maximum atomic E-state index is 10.8. The van der Waals surface area contributed by atoms with Gasteiger partial charge in [-0.25, -0.2) is 0 Å². The van der Waals surface area contributed by atoms with Gasteiger partial charge in [-0.2, -0.15) is 0 Å². The van der Waals surface area contributed by atoms with E-state index in [1.165, 1.54) is 0 Å². The summed E-state index contributed by atoms with van der Waals surface area (Å²) in [6.45, 7) is 0.916. The van der Waals surface area contributed by atoms with Gasteiger partial charge in [0.25, 0.3) is 0 Å². The normalized spacial score (nSPS) is 10.9. The van der Waals surface area contributed by atoms with Crippen molar-refractivity contribution in [3.8, 4) is 0 Å². The molecule has 2 rings (SSSR count). The van der Waals surface area contributed by atoms with Gasteiger partial charge in [0.2, 0.25) is 0 Å². The number of ether oxygens (including phenoxy) is 1. The largest absolute Gasteiger partial charge is 0.481 e. The number of rotatable bonds is 7. The molecule has 0 aromatic heterocycles. The lowest BCUT2D eigenvalue weighted by molar-refractivity contribution is -0.136. The topological polar surface area (TPSA) is 46.5 Å². The average molecular weight is 282 g/mol. The molecule has 2 aromatic carbocycles. The van der Waals surface area contributed by atoms with Gasteiger partial charge in [0.1, 0.15) is 0 Å². The summed E-state index contributed by atoms with van der Waals surface area (Å²) in [7, 11) is 0. The van der Waals surface area contributed by atoms with E-state index in [0.29, 0.717) is 13.2 Å². The fourth-order valence-electron chi connectivity index (χ4n) is 2.02. The van der Waals surface area contributed by atoms with Crippen LogP contribution in [0, 0.1) is 0 Å². The Balaban J connectivity index is 1.84. The summed E-state index contributed by atoms with van der Waals surface area (Å²) >= 11 is 0. The first-order valence-electron chi connectivity index (χ1n) is 6.83. The van der Waals surface area contributed by atoms with E-state index in [0.717, 1.165) is 16.7 Å². The van der Waals surface area contributed by atoms with Crippen molar-refractivity contribution in [1.82, 2.24) is 0 Å². The van der Waals surface area contributed by atoms with Gasteiger partial charge in [0.05, 0.1) is 19.6 Å². The van der Waals surface area contributed by atoms with Crippen LogP contribution in [0.4, 0.5) is 0 Å². The van der Waals surface area contributed by atoms with Crippen molar-refractivity contribution in [2.24, 2.45) is 0 Å². The molecule has 2 aromatic rings. The molecule has 0 heterocycles. The van der Waals surface area contributed by atoms with Crippen molar-refractivity contribution in [1.29, 1.82) is 0 Å². The van der Waals surface area contributed by atoms with E-state index in [4.69, 9.17) is 9.84 Å². The highest BCUT2D eigenvalue weighted by molar-refractivity contribution is 5.70. The number of carboxylic acid groups (broad SMARTS) is 1. The summed E-state index contributed by atoms with van der Waals surface area (Å²) < 4.78 is 5.58. The maximum absolute atomic E-state index is 10.8. The van der Waals surface area contributed by atoms with Crippen molar-refractivity contribution >= 4 is 12.0 Å². The Hall–Kier alpha value is -2.39. The van der Waals surface area contributed by atoms with Gasteiger partial charge < -0.3 is 9.84 Å². The molecule has 0 spiro atoms. The first-order valence-corrected chi connectivity index (χ1v) is 6.83. The molecule has 21 heavy (non-hydrogen) atoms. The molecule has 3 heteroatoms. The average Bonchev–Trinajstić information content (AvgIpc) is 2.49. The van der Waals surface area contributed by atoms with Gasteiger partial charge >= 0.3 is 5.97 Å². The summed E-state index contributed by atoms with van der Waals surface area (Å²) in [4.78, 5) is 10.8. The molecule has 3 nitrogen and oxygen atoms in total. The van der Waals surface area contributed by atoms with E-state index < -0.39 is 5.97 Å². The lowest BCUT2D eigenvalue weighted by Gasteiger charge is -2.07. The fraction of sp³-hybridized carbons (Fsp3) is 0.167. The Kier molecular flexibility index (Phi) is 5.73. The molecule has 0 bridgehead atoms. The Morgan fingerprint density at radius 1 is 1.00 bits per heavy atom. The van der Waals surface area contributed by atoms with E-state index in [1.54, 1.807) is 0 Å². The Labute approximate surface area is 124 Å². The second-order valence-corrected chi connectivity index (χ2v) is 4.67. The predicted molar refractivity (Wildman–Crippen MR) is 82.9 cm³/mol. The molecule has 0 atom stereocenters. The van der Waals surface area contributed by atoms with Gasteiger partial charge in [-0.15, -0.1) is 0 Å². The summed E-state index contributed by atoms with van der Waals surface area (Å²) in [6, 6.07) is 17.5. The summed E-state index contributed by atoms with van der Waals surface area (Å²) in [5.41, 5.74) is 2.86. The van der Waals surface area contributed by atoms with Crippen LogP contribution in [0.1, 0.15) is 16.7 Å². The van der Waals surface area contributed by atoms with Crippen LogP contribution in [0.2, 0.25) is 0 Å². The molecule has 0 fully saturated rings. The van der Waals surface area contributed by atoms with Crippen LogP contribution >= 0.6 is 0 Å². The van der Waals surface area contributed by atoms with Crippen molar-refractivity contribution in [3.05, 3.63) is 77.4 Å². The Bertz CT molecular complexity index is 603. The van der Waals surface area contributed by atoms with Crippen LogP contribution in [-0.2, 0) is 22.6 Å². The van der Waals surface area contributed by atoms with Gasteiger partial charge in [-0.3, -0.25) is 4.79 Å². The third-order valence-electron chi connectivity index (χ3n) is 3.04. The molecule has 0 radical (unpaired) electrons. The minimum atomic E-state index is -0.827. The first-order chi connectivity index (χ1) is 10.3. The molecular weight excluding hydrogens is 264 g/mol. The molecule has 0 saturated carbocycles. The molecule has 0 aliphatic rings. The molecule has 0 amide bonds. The predicted octanol–water partition coefficient (Wildman–Crippen LogP) is 3.54. The van der Waals surface area contributed by atoms with Crippen molar-refractivity contribution in [3.63, 3.8) is 0 Å². The number of carbonyl (C=O) groups is 1. The van der Waals surface area contributed by atoms with Crippen molar-refractivity contribution in [2.75, 3.05) is 6.61 Å². The summed E-state index contributed by atoms with van der Waals surface area (Å²) in [5, 5.41) is 8.88. The van der Waals surface area contributed by atoms with Crippen molar-refractivity contribution < 1.29 is 14.6 Å². The zero-order valence-electron chi connectivity index (χ0n) is 11.7. The van der Waals surface area contributed by atoms with Crippen LogP contribution in [0.25, 0.3) is 6.08 Å². The number of hydrogen-bond donors (Lipinski definition) is 1. The first kappa shape index (κ1) is 15.0. The third-order valence-corrected chi connectivity index (χ3v) is 3.04. The smallest absolute Gasteiger partial charge is 0.307 e.